The number of nitrogens with zero attached hydrogens (tertiary/aromatic N) is 1. The van der Waals surface area contributed by atoms with Gasteiger partial charge in [0.05, 0.1) is 17.3 Å². The molecule has 1 amide bonds. The maximum Gasteiger partial charge on any atom is 0.252 e. The fraction of sp³-hybridized carbons (Fsp3) is 0.278. The molecule has 0 saturated carbocycles. The smallest absolute Gasteiger partial charge is 0.252 e. The van der Waals surface area contributed by atoms with E-state index in [1.807, 2.05) is 68.4 Å². The number of nitrogens with one attached hydrogen (secondary N) is 1. The van der Waals surface area contributed by atoms with Gasteiger partial charge in [0.1, 0.15) is 5.75 Å². The highest BCUT2D eigenvalue weighted by atomic mass is 32.2. The Bertz CT molecular complexity index is 1710. The van der Waals surface area contributed by atoms with Gasteiger partial charge in [0, 0.05) is 31.1 Å². The van der Waals surface area contributed by atoms with Gasteiger partial charge in [-0.3, -0.25) is 4.79 Å². The summed E-state index contributed by atoms with van der Waals surface area (Å²) in [6, 6.07) is 32.9. The van der Waals surface area contributed by atoms with Crippen LogP contribution in [0.1, 0.15) is 43.9 Å². The van der Waals surface area contributed by atoms with Crippen molar-refractivity contribution in [3.8, 4) is 16.9 Å². The summed E-state index contributed by atoms with van der Waals surface area (Å²) in [6.07, 6.45) is -0.468. The molecule has 0 aromatic heterocycles. The van der Waals surface area contributed by atoms with E-state index in [1.54, 1.807) is 54.6 Å². The summed E-state index contributed by atoms with van der Waals surface area (Å²) in [7, 11) is -3.73. The van der Waals surface area contributed by atoms with E-state index in [1.165, 1.54) is 0 Å². The van der Waals surface area contributed by atoms with Crippen LogP contribution in [-0.2, 0) is 19.4 Å². The van der Waals surface area contributed by atoms with Crippen LogP contribution in [0.4, 0.5) is 0 Å². The fourth-order valence-electron chi connectivity index (χ4n) is 5.27. The van der Waals surface area contributed by atoms with Crippen molar-refractivity contribution in [3.63, 3.8) is 0 Å². The number of hydrogen-bond donors (Lipinski definition) is 2. The minimum atomic E-state index is -3.73. The second kappa shape index (κ2) is 14.1. The molecule has 1 heterocycles. The Hall–Kier alpha value is -4.47. The molecule has 8 nitrogen and oxygen atoms in total. The average Bonchev–Trinajstić information content (AvgIpc) is 3.46. The molecule has 0 aliphatic carbocycles. The molecule has 9 heteroatoms. The van der Waals surface area contributed by atoms with E-state index >= 15 is 0 Å². The van der Waals surface area contributed by atoms with Crippen LogP contribution in [-0.4, -0.2) is 55.9 Å². The molecule has 0 unspecified atom stereocenters. The molecule has 1 aliphatic heterocycles. The van der Waals surface area contributed by atoms with Crippen LogP contribution >= 0.6 is 0 Å². The van der Waals surface area contributed by atoms with E-state index in [-0.39, 0.29) is 35.6 Å². The van der Waals surface area contributed by atoms with E-state index in [2.05, 4.69) is 5.32 Å². The number of carbonyl (C=O) groups is 1. The van der Waals surface area contributed by atoms with E-state index in [4.69, 9.17) is 19.6 Å². The molecule has 0 fully saturated rings. The summed E-state index contributed by atoms with van der Waals surface area (Å²) in [4.78, 5) is 19.3. The van der Waals surface area contributed by atoms with E-state index in [0.717, 1.165) is 11.1 Å². The summed E-state index contributed by atoms with van der Waals surface area (Å²) in [5.41, 5.74) is 1.81. The lowest BCUT2D eigenvalue weighted by molar-refractivity contribution is -0.129. The highest BCUT2D eigenvalue weighted by Gasteiger charge is 2.53. The Labute approximate surface area is 264 Å². The number of carbonyl (C=O) groups excluding carboxylic acids is 1. The third kappa shape index (κ3) is 7.44. The molecule has 5 rings (SSSR count). The summed E-state index contributed by atoms with van der Waals surface area (Å²) >= 11 is 0. The molecule has 234 valence electrons. The van der Waals surface area contributed by atoms with Crippen LogP contribution < -0.4 is 10.1 Å². The first-order chi connectivity index (χ1) is 21.7. The molecule has 2 N–H and O–H groups in total. The first-order valence-corrected chi connectivity index (χ1v) is 16.7. The molecule has 0 radical (unpaired) electrons. The molecule has 4 aromatic rings. The molecule has 2 atom stereocenters. The zero-order chi connectivity index (χ0) is 31.9. The topological polar surface area (TPSA) is 114 Å². The Balaban J connectivity index is 1.55. The minimum Gasteiger partial charge on any atom is -0.494 e. The van der Waals surface area contributed by atoms with Crippen molar-refractivity contribution < 1.29 is 27.8 Å². The predicted molar refractivity (Wildman–Crippen MR) is 175 cm³/mol. The number of amides is 1. The standard InChI is InChI=1S/C36H38N2O6S/c1-26(2)37-35(40)36(22-25-45(41,42)32-12-7-4-8-13-32)33(29-16-14-28(15-17-29)27-10-5-3-6-11-27)44-34(38-36)30-18-20-31(21-19-30)43-24-9-23-39/h3-8,10-21,26,33,39H,9,22-25H2,1-2H3,(H,37,40)/t33-,36-/m1/s1. The Morgan fingerprint density at radius 1 is 0.889 bits per heavy atom. The van der Waals surface area contributed by atoms with Gasteiger partial charge in [-0.2, -0.15) is 0 Å². The Morgan fingerprint density at radius 3 is 2.11 bits per heavy atom. The number of benzene rings is 4. The zero-order valence-corrected chi connectivity index (χ0v) is 26.2. The van der Waals surface area contributed by atoms with E-state index < -0.39 is 27.4 Å². The third-order valence-corrected chi connectivity index (χ3v) is 9.36. The molecular weight excluding hydrogens is 588 g/mol. The average molecular weight is 627 g/mol. The minimum absolute atomic E-state index is 0.0387. The lowest BCUT2D eigenvalue weighted by Crippen LogP contribution is -2.51. The zero-order valence-electron chi connectivity index (χ0n) is 25.4. The number of sulfone groups is 1. The molecule has 45 heavy (non-hydrogen) atoms. The second-order valence-corrected chi connectivity index (χ2v) is 13.4. The normalized spacial score (nSPS) is 17.9. The van der Waals surface area contributed by atoms with Gasteiger partial charge in [-0.1, -0.05) is 72.8 Å². The van der Waals surface area contributed by atoms with Gasteiger partial charge in [0.2, 0.25) is 5.90 Å². The van der Waals surface area contributed by atoms with Crippen molar-refractivity contribution in [1.29, 1.82) is 0 Å². The van der Waals surface area contributed by atoms with Gasteiger partial charge in [-0.15, -0.1) is 0 Å². The molecule has 4 aromatic carbocycles. The Morgan fingerprint density at radius 2 is 1.49 bits per heavy atom. The third-order valence-electron chi connectivity index (χ3n) is 7.62. The number of aliphatic hydroxyl groups is 1. The first kappa shape index (κ1) is 31.9. The van der Waals surface area contributed by atoms with Crippen molar-refractivity contribution >= 4 is 21.6 Å². The number of rotatable bonds is 13. The van der Waals surface area contributed by atoms with Gasteiger partial charge in [-0.25, -0.2) is 13.4 Å². The van der Waals surface area contributed by atoms with Crippen LogP contribution in [0.2, 0.25) is 0 Å². The van der Waals surface area contributed by atoms with Crippen LogP contribution in [0, 0.1) is 0 Å². The van der Waals surface area contributed by atoms with Crippen molar-refractivity contribution in [3.05, 3.63) is 120 Å². The van der Waals surface area contributed by atoms with Crippen molar-refractivity contribution in [1.82, 2.24) is 5.32 Å². The first-order valence-electron chi connectivity index (χ1n) is 15.1. The van der Waals surface area contributed by atoms with Crippen LogP contribution in [0.15, 0.2) is 119 Å². The van der Waals surface area contributed by atoms with Crippen molar-refractivity contribution in [2.45, 2.75) is 49.3 Å². The van der Waals surface area contributed by atoms with Crippen LogP contribution in [0.3, 0.4) is 0 Å². The van der Waals surface area contributed by atoms with Crippen LogP contribution in [0.25, 0.3) is 11.1 Å². The molecule has 1 aliphatic rings. The maximum atomic E-state index is 14.1. The largest absolute Gasteiger partial charge is 0.494 e. The molecule has 0 saturated heterocycles. The van der Waals surface area contributed by atoms with Crippen molar-refractivity contribution in [2.75, 3.05) is 19.0 Å². The fourth-order valence-corrected chi connectivity index (χ4v) is 6.66. The molecule has 0 bridgehead atoms. The van der Waals surface area contributed by atoms with E-state index in [9.17, 15) is 13.2 Å². The quantitative estimate of drug-likeness (QED) is 0.183. The highest BCUT2D eigenvalue weighted by molar-refractivity contribution is 7.91. The SMILES string of the molecule is CC(C)NC(=O)[C@]1(CCS(=O)(=O)c2ccccc2)N=C(c2ccc(OCCCO)cc2)O[C@@H]1c1ccc(-c2ccccc2)cc1. The van der Waals surface area contributed by atoms with Gasteiger partial charge < -0.3 is 19.9 Å². The van der Waals surface area contributed by atoms with Gasteiger partial charge in [-0.05, 0) is 66.9 Å². The lowest BCUT2D eigenvalue weighted by Gasteiger charge is -2.31. The summed E-state index contributed by atoms with van der Waals surface area (Å²) in [5, 5.41) is 12.0. The molecule has 0 spiro atoms. The summed E-state index contributed by atoms with van der Waals surface area (Å²) < 4.78 is 39.1. The number of hydrogen-bond acceptors (Lipinski definition) is 7. The highest BCUT2D eigenvalue weighted by Crippen LogP contribution is 2.43. The van der Waals surface area contributed by atoms with E-state index in [0.29, 0.717) is 29.9 Å². The molecular formula is C36H38N2O6S. The van der Waals surface area contributed by atoms with Crippen LogP contribution in [0.5, 0.6) is 5.75 Å². The lowest BCUT2D eigenvalue weighted by atomic mass is 9.84. The maximum absolute atomic E-state index is 14.1. The Kier molecular flexibility index (Phi) is 10.0. The predicted octanol–water partition coefficient (Wildman–Crippen LogP) is 5.76. The number of aliphatic imine (C=N–C) groups is 1. The number of ether oxygens (including phenoxy) is 2. The number of aliphatic hydroxyl groups excluding tert-OH is 1. The van der Waals surface area contributed by atoms with Gasteiger partial charge >= 0.3 is 0 Å². The van der Waals surface area contributed by atoms with Crippen molar-refractivity contribution in [2.24, 2.45) is 4.99 Å². The second-order valence-electron chi connectivity index (χ2n) is 11.3. The monoisotopic (exact) mass is 626 g/mol. The van der Waals surface area contributed by atoms with Gasteiger partial charge in [0.15, 0.2) is 21.5 Å². The summed E-state index contributed by atoms with van der Waals surface area (Å²) in [5.74, 6) is 0.150. The van der Waals surface area contributed by atoms with Gasteiger partial charge in [0.25, 0.3) is 5.91 Å². The summed E-state index contributed by atoms with van der Waals surface area (Å²) in [6.45, 7) is 4.12.